The predicted octanol–water partition coefficient (Wildman–Crippen LogP) is 0.665. The molecule has 0 saturated heterocycles. The lowest BCUT2D eigenvalue weighted by Crippen LogP contribution is -2.47. The van der Waals surface area contributed by atoms with Crippen LogP contribution >= 0.6 is 0 Å². The van der Waals surface area contributed by atoms with Crippen LogP contribution < -0.4 is 5.32 Å². The highest BCUT2D eigenvalue weighted by atomic mass is 16.2. The number of hydrogen-bond donors (Lipinski definition) is 1. The fraction of sp³-hybridized carbons (Fsp3) is 0.333. The molecule has 0 radical (unpaired) electrons. The maximum atomic E-state index is 12.4. The van der Waals surface area contributed by atoms with E-state index in [1.165, 1.54) is 31.1 Å². The van der Waals surface area contributed by atoms with Crippen LogP contribution in [-0.2, 0) is 9.59 Å². The van der Waals surface area contributed by atoms with Gasteiger partial charge >= 0.3 is 0 Å². The van der Waals surface area contributed by atoms with Crippen molar-refractivity contribution in [2.45, 2.75) is 18.9 Å². The van der Waals surface area contributed by atoms with Gasteiger partial charge in [0, 0.05) is 26.1 Å². The van der Waals surface area contributed by atoms with Gasteiger partial charge in [0.2, 0.25) is 5.91 Å². The van der Waals surface area contributed by atoms with E-state index in [1.807, 2.05) is 0 Å². The number of likely N-dealkylation sites (N-methyl/N-ethyl adjacent to an activating group) is 2. The lowest BCUT2D eigenvalue weighted by Gasteiger charge is -2.26. The quantitative estimate of drug-likeness (QED) is 0.748. The molecule has 0 spiro atoms. The Balaban J connectivity index is 3.04. The zero-order valence-electron chi connectivity index (χ0n) is 12.0. The molecule has 6 heteroatoms. The molecule has 1 atom stereocenters. The fourth-order valence-corrected chi connectivity index (χ4v) is 2.02. The molecule has 0 aliphatic carbocycles. The van der Waals surface area contributed by atoms with Crippen molar-refractivity contribution < 1.29 is 19.2 Å². The van der Waals surface area contributed by atoms with Crippen LogP contribution in [0.1, 0.15) is 33.6 Å². The van der Waals surface area contributed by atoms with E-state index < -0.39 is 11.9 Å². The van der Waals surface area contributed by atoms with Crippen LogP contribution in [0, 0.1) is 0 Å². The normalized spacial score (nSPS) is 11.3. The zero-order chi connectivity index (χ0) is 15.8. The van der Waals surface area contributed by atoms with Crippen LogP contribution in [0.15, 0.2) is 24.3 Å². The summed E-state index contributed by atoms with van der Waals surface area (Å²) in [6.07, 6.45) is 1.70. The number of rotatable bonds is 7. The highest BCUT2D eigenvalue weighted by molar-refractivity contribution is 6.03. The molecule has 1 unspecified atom stereocenters. The van der Waals surface area contributed by atoms with Crippen LogP contribution in [0.25, 0.3) is 0 Å². The van der Waals surface area contributed by atoms with Gasteiger partial charge in [0.1, 0.15) is 12.3 Å². The average Bonchev–Trinajstić information content (AvgIpc) is 2.53. The number of benzene rings is 1. The van der Waals surface area contributed by atoms with Crippen LogP contribution in [0.2, 0.25) is 0 Å². The van der Waals surface area contributed by atoms with Crippen molar-refractivity contribution in [3.63, 3.8) is 0 Å². The first kappa shape index (κ1) is 16.6. The maximum absolute atomic E-state index is 12.4. The van der Waals surface area contributed by atoms with E-state index in [0.717, 1.165) is 0 Å². The molecule has 0 aliphatic rings. The molecule has 0 fully saturated rings. The molecule has 0 heterocycles. The van der Waals surface area contributed by atoms with Crippen molar-refractivity contribution in [2.24, 2.45) is 0 Å². The molecule has 1 aromatic carbocycles. The SMILES string of the molecule is CNC(=O)C(CCC=O)N(C)C(=O)c1ccccc1C=O. The first-order chi connectivity index (χ1) is 10.1. The number of carbonyl (C=O) groups is 4. The summed E-state index contributed by atoms with van der Waals surface area (Å²) >= 11 is 0. The third-order valence-electron chi connectivity index (χ3n) is 3.21. The minimum atomic E-state index is -0.757. The minimum absolute atomic E-state index is 0.172. The third kappa shape index (κ3) is 3.98. The first-order valence-corrected chi connectivity index (χ1v) is 6.53. The lowest BCUT2D eigenvalue weighted by molar-refractivity contribution is -0.125. The number of carbonyl (C=O) groups excluding carboxylic acids is 4. The molecular formula is C15H18N2O4. The van der Waals surface area contributed by atoms with Gasteiger partial charge in [-0.25, -0.2) is 0 Å². The van der Waals surface area contributed by atoms with Gasteiger partial charge in [-0.15, -0.1) is 0 Å². The monoisotopic (exact) mass is 290 g/mol. The molecule has 112 valence electrons. The predicted molar refractivity (Wildman–Crippen MR) is 77.1 cm³/mol. The number of hydrogen-bond acceptors (Lipinski definition) is 4. The molecular weight excluding hydrogens is 272 g/mol. The summed E-state index contributed by atoms with van der Waals surface area (Å²) in [5.41, 5.74) is 0.496. The van der Waals surface area contributed by atoms with Crippen molar-refractivity contribution in [1.82, 2.24) is 10.2 Å². The van der Waals surface area contributed by atoms with Crippen LogP contribution in [0.4, 0.5) is 0 Å². The molecule has 6 nitrogen and oxygen atoms in total. The van der Waals surface area contributed by atoms with E-state index in [-0.39, 0.29) is 29.9 Å². The van der Waals surface area contributed by atoms with Gasteiger partial charge in [0.05, 0.1) is 5.56 Å². The second kappa shape index (κ2) is 7.94. The Hall–Kier alpha value is -2.50. The highest BCUT2D eigenvalue weighted by Gasteiger charge is 2.27. The molecule has 0 aliphatic heterocycles. The first-order valence-electron chi connectivity index (χ1n) is 6.53. The smallest absolute Gasteiger partial charge is 0.255 e. The fourth-order valence-electron chi connectivity index (χ4n) is 2.02. The van der Waals surface area contributed by atoms with E-state index in [4.69, 9.17) is 0 Å². The number of aldehydes is 2. The summed E-state index contributed by atoms with van der Waals surface area (Å²) in [7, 11) is 2.95. The molecule has 21 heavy (non-hydrogen) atoms. The summed E-state index contributed by atoms with van der Waals surface area (Å²) < 4.78 is 0. The van der Waals surface area contributed by atoms with E-state index in [1.54, 1.807) is 12.1 Å². The van der Waals surface area contributed by atoms with E-state index in [9.17, 15) is 19.2 Å². The molecule has 1 aromatic rings. The maximum Gasteiger partial charge on any atom is 0.255 e. The molecule has 0 aromatic heterocycles. The molecule has 0 bridgehead atoms. The van der Waals surface area contributed by atoms with Gasteiger partial charge in [-0.05, 0) is 12.5 Å². The Bertz CT molecular complexity index is 542. The third-order valence-corrected chi connectivity index (χ3v) is 3.21. The summed E-state index contributed by atoms with van der Waals surface area (Å²) in [4.78, 5) is 47.1. The largest absolute Gasteiger partial charge is 0.357 e. The van der Waals surface area contributed by atoms with E-state index in [2.05, 4.69) is 5.32 Å². The topological polar surface area (TPSA) is 83.6 Å². The van der Waals surface area contributed by atoms with Gasteiger partial charge in [0.25, 0.3) is 5.91 Å². The number of nitrogens with one attached hydrogen (secondary N) is 1. The van der Waals surface area contributed by atoms with Gasteiger partial charge in [-0.2, -0.15) is 0 Å². The minimum Gasteiger partial charge on any atom is -0.357 e. The van der Waals surface area contributed by atoms with E-state index in [0.29, 0.717) is 12.6 Å². The Morgan fingerprint density at radius 3 is 2.52 bits per heavy atom. The van der Waals surface area contributed by atoms with Gasteiger partial charge in [-0.1, -0.05) is 18.2 Å². The van der Waals surface area contributed by atoms with Crippen LogP contribution in [0.5, 0.6) is 0 Å². The van der Waals surface area contributed by atoms with Crippen molar-refractivity contribution >= 4 is 24.4 Å². The van der Waals surface area contributed by atoms with Gasteiger partial charge < -0.3 is 15.0 Å². The molecule has 1 rings (SSSR count). The van der Waals surface area contributed by atoms with Crippen LogP contribution in [0.3, 0.4) is 0 Å². The Morgan fingerprint density at radius 1 is 1.29 bits per heavy atom. The molecule has 1 N–H and O–H groups in total. The Morgan fingerprint density at radius 2 is 1.95 bits per heavy atom. The van der Waals surface area contributed by atoms with Crippen molar-refractivity contribution in [3.05, 3.63) is 35.4 Å². The Labute approximate surface area is 123 Å². The van der Waals surface area contributed by atoms with Gasteiger partial charge in [-0.3, -0.25) is 14.4 Å². The second-order valence-electron chi connectivity index (χ2n) is 4.50. The summed E-state index contributed by atoms with van der Waals surface area (Å²) in [6.45, 7) is 0. The van der Waals surface area contributed by atoms with Crippen molar-refractivity contribution in [1.29, 1.82) is 0 Å². The standard InChI is InChI=1S/C15H18N2O4/c1-16-14(20)13(8-5-9-18)17(2)15(21)12-7-4-3-6-11(12)10-19/h3-4,6-7,9-10,13H,5,8H2,1-2H3,(H,16,20). The summed E-state index contributed by atoms with van der Waals surface area (Å²) in [6, 6.07) is 5.61. The van der Waals surface area contributed by atoms with E-state index >= 15 is 0 Å². The zero-order valence-corrected chi connectivity index (χ0v) is 12.0. The van der Waals surface area contributed by atoms with Gasteiger partial charge in [0.15, 0.2) is 6.29 Å². The van der Waals surface area contributed by atoms with Crippen molar-refractivity contribution in [2.75, 3.05) is 14.1 Å². The lowest BCUT2D eigenvalue weighted by atomic mass is 10.0. The van der Waals surface area contributed by atoms with Crippen molar-refractivity contribution in [3.8, 4) is 0 Å². The number of nitrogens with zero attached hydrogens (tertiary/aromatic N) is 1. The van der Waals surface area contributed by atoms with Crippen LogP contribution in [-0.4, -0.2) is 49.4 Å². The molecule has 0 saturated carbocycles. The second-order valence-corrected chi connectivity index (χ2v) is 4.50. The molecule has 2 amide bonds. The Kier molecular flexibility index (Phi) is 6.26. The average molecular weight is 290 g/mol. The highest BCUT2D eigenvalue weighted by Crippen LogP contribution is 2.13. The summed E-state index contributed by atoms with van der Waals surface area (Å²) in [5.74, 6) is -0.784. The summed E-state index contributed by atoms with van der Waals surface area (Å²) in [5, 5.41) is 2.47. The number of amides is 2.